The SMILES string of the molecule is CC[C@H](C)[C@@H]([C@@H](CC(=O)N1CCC[C@H]1[C@H](OC)[C@@H](C)C(=O)N[C@H](C)[C@@H](O)c1ccccc1)OC)N(C)C(=O)[C@@H](NC(=O)[C@H](C(C)C)N(C)C(=O)OCc1ccc(NC(=O)[C@H](CCCNC(N)=O)NC(=O)[C@@H](NC(=O)CCOCCOCCN2C(=O)C=CC2=O)C(C)C)cc1)C(C)C. The third kappa shape index (κ3) is 24.8. The van der Waals surface area contributed by atoms with Crippen LogP contribution in [0.4, 0.5) is 15.3 Å². The summed E-state index contributed by atoms with van der Waals surface area (Å²) in [6.45, 7) is 18.8. The molecule has 28 heteroatoms. The molecule has 28 nitrogen and oxygen atoms in total. The summed E-state index contributed by atoms with van der Waals surface area (Å²) in [5, 5.41) is 27.5. The van der Waals surface area contributed by atoms with E-state index < -0.39 is 138 Å². The minimum absolute atomic E-state index is 0.00656. The molecule has 0 unspecified atom stereocenters. The number of likely N-dealkylation sites (tertiary alicyclic amines) is 1. The number of nitrogens with two attached hydrogens (primary N) is 1. The number of carbonyl (C=O) groups is 11. The molecule has 2 aromatic carbocycles. The van der Waals surface area contributed by atoms with Gasteiger partial charge in [-0.1, -0.05) is 111 Å². The fourth-order valence-corrected chi connectivity index (χ4v) is 12.0. The second kappa shape index (κ2) is 40.6. The predicted octanol–water partition coefficient (Wildman–Crippen LogP) is 3.94. The van der Waals surface area contributed by atoms with E-state index in [1.807, 2.05) is 32.0 Å². The zero-order valence-electron chi connectivity index (χ0n) is 59.0. The van der Waals surface area contributed by atoms with Crippen molar-refractivity contribution in [2.24, 2.45) is 35.3 Å². The smallest absolute Gasteiger partial charge is 0.410 e. The summed E-state index contributed by atoms with van der Waals surface area (Å²) < 4.78 is 28.7. The summed E-state index contributed by atoms with van der Waals surface area (Å²) in [5.74, 6) is -6.28. The number of methoxy groups -OCH3 is 2. The van der Waals surface area contributed by atoms with Gasteiger partial charge in [0.1, 0.15) is 30.8 Å². The van der Waals surface area contributed by atoms with Crippen LogP contribution in [0.15, 0.2) is 66.7 Å². The van der Waals surface area contributed by atoms with E-state index >= 15 is 0 Å². The fraction of sp³-hybridized carbons (Fsp3) is 0.638. The number of nitrogens with zero attached hydrogens (tertiary/aromatic N) is 4. The van der Waals surface area contributed by atoms with Crippen molar-refractivity contribution in [2.45, 2.75) is 181 Å². The van der Waals surface area contributed by atoms with Crippen LogP contribution in [-0.4, -0.2) is 219 Å². The van der Waals surface area contributed by atoms with Gasteiger partial charge in [0.15, 0.2) is 0 Å². The molecule has 1 saturated heterocycles. The Morgan fingerprint density at radius 3 is 1.92 bits per heavy atom. The summed E-state index contributed by atoms with van der Waals surface area (Å²) in [6.07, 6.45) is 1.16. The molecule has 2 aliphatic heterocycles. The normalized spacial score (nSPS) is 17.2. The molecule has 2 heterocycles. The molecule has 0 saturated carbocycles. The van der Waals surface area contributed by atoms with Crippen molar-refractivity contribution in [1.82, 2.24) is 46.2 Å². The number of anilines is 1. The number of urea groups is 1. The van der Waals surface area contributed by atoms with Crippen molar-refractivity contribution in [3.05, 3.63) is 77.9 Å². The maximum Gasteiger partial charge on any atom is 0.410 e. The van der Waals surface area contributed by atoms with Crippen LogP contribution in [0.3, 0.4) is 0 Å². The van der Waals surface area contributed by atoms with E-state index in [0.717, 1.165) is 4.90 Å². The van der Waals surface area contributed by atoms with Gasteiger partial charge in [-0.3, -0.25) is 53.0 Å². The third-order valence-corrected chi connectivity index (χ3v) is 17.7. The highest BCUT2D eigenvalue weighted by molar-refractivity contribution is 6.12. The second-order valence-electron chi connectivity index (χ2n) is 25.9. The van der Waals surface area contributed by atoms with Gasteiger partial charge in [-0.25, -0.2) is 9.59 Å². The molecule has 540 valence electrons. The van der Waals surface area contributed by atoms with Gasteiger partial charge in [0.25, 0.3) is 11.8 Å². The fourth-order valence-electron chi connectivity index (χ4n) is 12.0. The van der Waals surface area contributed by atoms with Crippen molar-refractivity contribution in [1.29, 1.82) is 0 Å². The number of likely N-dealkylation sites (N-methyl/N-ethyl adjacent to an activating group) is 2. The molecule has 2 aliphatic rings. The summed E-state index contributed by atoms with van der Waals surface area (Å²) in [7, 11) is 6.07. The number of carbonyl (C=O) groups excluding carboxylic acids is 11. The van der Waals surface area contributed by atoms with Gasteiger partial charge in [0.2, 0.25) is 41.4 Å². The Balaban J connectivity index is 1.35. The number of imide groups is 1. The second-order valence-corrected chi connectivity index (χ2v) is 25.9. The van der Waals surface area contributed by atoms with Crippen LogP contribution in [0.25, 0.3) is 0 Å². The lowest BCUT2D eigenvalue weighted by Crippen LogP contribution is -2.60. The minimum atomic E-state index is -1.13. The lowest BCUT2D eigenvalue weighted by Gasteiger charge is -2.41. The highest BCUT2D eigenvalue weighted by atomic mass is 16.6. The average Bonchev–Trinajstić information content (AvgIpc) is 1.80. The summed E-state index contributed by atoms with van der Waals surface area (Å²) in [5.41, 5.74) is 6.75. The van der Waals surface area contributed by atoms with E-state index in [2.05, 4.69) is 31.9 Å². The molecule has 9 N–H and O–H groups in total. The Labute approximate surface area is 570 Å². The standard InChI is InChI=1S/C69H107N11O17/c1-15-44(8)60(52(93-13)39-56(84)79-33-20-24-51(79)62(94-14)45(9)63(86)72-46(10)61(85)48-21-17-16-18-22-48)77(11)67(90)58(42(4)5)76-66(89)59(43(6)7)78(12)69(92)97-40-47-25-27-49(28-26-47)73-64(87)50(23-19-32-71-68(70)91)74-65(88)57(41(2)3)75-53(81)31-35-95-37-38-96-36-34-80-54(82)29-30-55(80)83/h16-18,21-22,25-30,41-46,50-52,57-62,85H,15,19-20,23-24,31-40H2,1-14H3,(H,72,86)(H,73,87)(H,74,88)(H,75,81)(H,76,89)(H3,70,71,91)/t44-,45+,46+,50-,51-,52+,57-,58-,59-,60-,61+,62+/m0/s1. The number of hydrogen-bond donors (Lipinski definition) is 8. The lowest BCUT2D eigenvalue weighted by molar-refractivity contribution is -0.148. The van der Waals surface area contributed by atoms with Crippen LogP contribution in [0.1, 0.15) is 131 Å². The number of benzene rings is 2. The largest absolute Gasteiger partial charge is 0.445 e. The number of aliphatic hydroxyl groups excluding tert-OH is 1. The Hall–Kier alpha value is -8.05. The molecule has 97 heavy (non-hydrogen) atoms. The number of amides is 12. The van der Waals surface area contributed by atoms with Crippen LogP contribution in [-0.2, 0) is 73.4 Å². The topological polar surface area (TPSA) is 365 Å². The Bertz CT molecular complexity index is 2930. The van der Waals surface area contributed by atoms with Gasteiger partial charge in [-0.05, 0) is 79.5 Å². The van der Waals surface area contributed by atoms with Gasteiger partial charge in [0, 0.05) is 65.7 Å². The first kappa shape index (κ1) is 81.4. The third-order valence-electron chi connectivity index (χ3n) is 17.7. The molecule has 0 spiro atoms. The molecule has 0 bridgehead atoms. The Kier molecular flexibility index (Phi) is 34.1. The van der Waals surface area contributed by atoms with E-state index in [-0.39, 0.29) is 89.5 Å². The van der Waals surface area contributed by atoms with E-state index in [1.54, 1.807) is 109 Å². The van der Waals surface area contributed by atoms with E-state index in [9.17, 15) is 57.8 Å². The maximum atomic E-state index is 14.8. The van der Waals surface area contributed by atoms with Crippen LogP contribution in [0, 0.1) is 29.6 Å². The molecule has 0 aromatic heterocycles. The number of hydrogen-bond acceptors (Lipinski definition) is 17. The van der Waals surface area contributed by atoms with Crippen LogP contribution in [0.5, 0.6) is 0 Å². The van der Waals surface area contributed by atoms with E-state index in [1.165, 1.54) is 38.3 Å². The Morgan fingerprint density at radius 1 is 0.711 bits per heavy atom. The molecular weight excluding hydrogens is 1250 g/mol. The Morgan fingerprint density at radius 2 is 1.34 bits per heavy atom. The van der Waals surface area contributed by atoms with E-state index in [0.29, 0.717) is 42.6 Å². The summed E-state index contributed by atoms with van der Waals surface area (Å²) >= 11 is 0. The van der Waals surface area contributed by atoms with Crippen molar-refractivity contribution < 1.29 is 81.5 Å². The van der Waals surface area contributed by atoms with Crippen LogP contribution < -0.4 is 37.6 Å². The molecule has 12 atom stereocenters. The number of primary amides is 1. The first-order valence-corrected chi connectivity index (χ1v) is 33.5. The summed E-state index contributed by atoms with van der Waals surface area (Å²) in [6, 6.07) is 8.63. The molecule has 12 amide bonds. The van der Waals surface area contributed by atoms with Crippen molar-refractivity contribution in [3.63, 3.8) is 0 Å². The maximum absolute atomic E-state index is 14.8. The summed E-state index contributed by atoms with van der Waals surface area (Å²) in [4.78, 5) is 152. The lowest BCUT2D eigenvalue weighted by atomic mass is 9.89. The quantitative estimate of drug-likeness (QED) is 0.0345. The zero-order valence-corrected chi connectivity index (χ0v) is 59.0. The monoisotopic (exact) mass is 1360 g/mol. The minimum Gasteiger partial charge on any atom is -0.445 e. The molecule has 4 rings (SSSR count). The molecule has 0 radical (unpaired) electrons. The van der Waals surface area contributed by atoms with Gasteiger partial charge in [-0.15, -0.1) is 0 Å². The molecule has 2 aromatic rings. The number of ether oxygens (including phenoxy) is 5. The number of rotatable bonds is 41. The van der Waals surface area contributed by atoms with Crippen molar-refractivity contribution >= 4 is 71.0 Å². The number of aliphatic hydroxyl groups is 1. The van der Waals surface area contributed by atoms with Gasteiger partial charge >= 0.3 is 12.1 Å². The number of nitrogens with one attached hydrogen (secondary N) is 6. The van der Waals surface area contributed by atoms with Crippen molar-refractivity contribution in [3.8, 4) is 0 Å². The van der Waals surface area contributed by atoms with Crippen LogP contribution >= 0.6 is 0 Å². The first-order chi connectivity index (χ1) is 46.0. The van der Waals surface area contributed by atoms with Gasteiger partial charge < -0.3 is 76.2 Å². The highest BCUT2D eigenvalue weighted by Crippen LogP contribution is 2.31. The predicted molar refractivity (Wildman–Crippen MR) is 361 cm³/mol. The van der Waals surface area contributed by atoms with Gasteiger partial charge in [-0.2, -0.15) is 0 Å². The van der Waals surface area contributed by atoms with Crippen molar-refractivity contribution in [2.75, 3.05) is 79.7 Å². The highest BCUT2D eigenvalue weighted by Gasteiger charge is 2.44. The average molecular weight is 1360 g/mol. The van der Waals surface area contributed by atoms with Crippen LogP contribution in [0.2, 0.25) is 0 Å². The molecule has 1 fully saturated rings. The zero-order chi connectivity index (χ0) is 72.2. The molecular formula is C69H107N11O17. The first-order valence-electron chi connectivity index (χ1n) is 33.5. The van der Waals surface area contributed by atoms with Gasteiger partial charge in [0.05, 0.1) is 81.7 Å². The van der Waals surface area contributed by atoms with E-state index in [4.69, 9.17) is 29.4 Å². The molecule has 0 aliphatic carbocycles.